The van der Waals surface area contributed by atoms with Crippen LogP contribution < -0.4 is 10.6 Å². The number of hydrogen-bond acceptors (Lipinski definition) is 5. The molecule has 1 aliphatic rings. The van der Waals surface area contributed by atoms with Gasteiger partial charge in [0.1, 0.15) is 17.2 Å². The number of amidine groups is 1. The van der Waals surface area contributed by atoms with Crippen LogP contribution in [0.5, 0.6) is 0 Å². The number of allylic oxidation sites excluding steroid dienone is 1. The van der Waals surface area contributed by atoms with Gasteiger partial charge >= 0.3 is 5.97 Å². The molecule has 0 bridgehead atoms. The second-order valence-electron chi connectivity index (χ2n) is 5.78. The molecule has 0 saturated carbocycles. The van der Waals surface area contributed by atoms with Crippen LogP contribution in [0, 0.1) is 5.82 Å². The lowest BCUT2D eigenvalue weighted by Crippen LogP contribution is -2.35. The number of aliphatic imine (C=N–C) groups is 1. The van der Waals surface area contributed by atoms with Crippen LogP contribution in [0.2, 0.25) is 0 Å². The molecule has 0 aliphatic carbocycles. The molecule has 0 atom stereocenters. The number of fused-ring (bicyclic) bond motifs is 1. The Balaban J connectivity index is 2.02. The predicted octanol–water partition coefficient (Wildman–Crippen LogP) is 3.55. The minimum atomic E-state index is -0.603. The topological polar surface area (TPSA) is 79.8 Å². The molecule has 138 valence electrons. The third-order valence-electron chi connectivity index (χ3n) is 3.89. The minimum absolute atomic E-state index is 0.0673. The number of carbonyl (C=O) groups is 2. The first-order valence-electron chi connectivity index (χ1n) is 8.39. The van der Waals surface area contributed by atoms with Crippen LogP contribution >= 0.6 is 0 Å². The largest absolute Gasteiger partial charge is 0.462 e. The minimum Gasteiger partial charge on any atom is -0.462 e. The molecule has 0 unspecified atom stereocenters. The molecule has 1 amide bonds. The van der Waals surface area contributed by atoms with E-state index in [-0.39, 0.29) is 23.6 Å². The highest BCUT2D eigenvalue weighted by atomic mass is 19.1. The van der Waals surface area contributed by atoms with Gasteiger partial charge in [0.2, 0.25) is 0 Å². The molecule has 2 aromatic rings. The van der Waals surface area contributed by atoms with E-state index in [1.54, 1.807) is 26.0 Å². The number of para-hydroxylation sites is 2. The summed E-state index contributed by atoms with van der Waals surface area (Å²) in [6, 6.07) is 12.3. The van der Waals surface area contributed by atoms with Gasteiger partial charge in [0.15, 0.2) is 0 Å². The van der Waals surface area contributed by atoms with E-state index in [0.717, 1.165) is 0 Å². The quantitative estimate of drug-likeness (QED) is 0.813. The number of ether oxygens (including phenoxy) is 1. The fourth-order valence-corrected chi connectivity index (χ4v) is 2.62. The van der Waals surface area contributed by atoms with E-state index in [9.17, 15) is 14.0 Å². The Labute approximate surface area is 155 Å². The van der Waals surface area contributed by atoms with Crippen molar-refractivity contribution in [3.63, 3.8) is 0 Å². The molecule has 0 saturated heterocycles. The van der Waals surface area contributed by atoms with Gasteiger partial charge in [0, 0.05) is 11.3 Å². The molecule has 0 radical (unpaired) electrons. The second-order valence-corrected chi connectivity index (χ2v) is 5.78. The molecule has 27 heavy (non-hydrogen) atoms. The first kappa shape index (κ1) is 18.3. The molecule has 7 heteroatoms. The summed E-state index contributed by atoms with van der Waals surface area (Å²) in [5.74, 6) is -1.49. The molecular formula is C20H18FN3O3. The zero-order valence-corrected chi connectivity index (χ0v) is 14.9. The Morgan fingerprint density at radius 3 is 2.56 bits per heavy atom. The SMILES string of the molecule is CCOC(=O)C1=C(C)Nc2ccccc2N=C1NC(=O)c1ccc(F)cc1. The van der Waals surface area contributed by atoms with Crippen LogP contribution in [0.15, 0.2) is 64.8 Å². The molecule has 3 rings (SSSR count). The third kappa shape index (κ3) is 4.03. The van der Waals surface area contributed by atoms with Crippen molar-refractivity contribution in [2.75, 3.05) is 11.9 Å². The van der Waals surface area contributed by atoms with Crippen LogP contribution in [0.4, 0.5) is 15.8 Å². The van der Waals surface area contributed by atoms with Crippen LogP contribution in [0.3, 0.4) is 0 Å². The second kappa shape index (κ2) is 7.82. The van der Waals surface area contributed by atoms with Crippen molar-refractivity contribution in [1.82, 2.24) is 5.32 Å². The highest BCUT2D eigenvalue weighted by molar-refractivity contribution is 6.25. The van der Waals surface area contributed by atoms with Gasteiger partial charge in [-0.05, 0) is 50.2 Å². The molecule has 1 heterocycles. The van der Waals surface area contributed by atoms with Crippen LogP contribution in [0.25, 0.3) is 0 Å². The van der Waals surface area contributed by atoms with Gasteiger partial charge in [-0.3, -0.25) is 4.79 Å². The van der Waals surface area contributed by atoms with Gasteiger partial charge in [-0.15, -0.1) is 0 Å². The number of benzene rings is 2. The molecule has 0 spiro atoms. The van der Waals surface area contributed by atoms with Crippen molar-refractivity contribution in [1.29, 1.82) is 0 Å². The van der Waals surface area contributed by atoms with E-state index in [1.165, 1.54) is 24.3 Å². The van der Waals surface area contributed by atoms with Crippen LogP contribution in [-0.2, 0) is 9.53 Å². The summed E-state index contributed by atoms with van der Waals surface area (Å²) in [5, 5.41) is 5.77. The number of nitrogens with one attached hydrogen (secondary N) is 2. The van der Waals surface area contributed by atoms with Gasteiger partial charge in [-0.1, -0.05) is 12.1 Å². The average molecular weight is 367 g/mol. The van der Waals surface area contributed by atoms with E-state index in [0.29, 0.717) is 17.1 Å². The maximum absolute atomic E-state index is 13.1. The highest BCUT2D eigenvalue weighted by Crippen LogP contribution is 2.30. The number of rotatable bonds is 3. The van der Waals surface area contributed by atoms with Crippen molar-refractivity contribution in [2.45, 2.75) is 13.8 Å². The van der Waals surface area contributed by atoms with Gasteiger partial charge in [-0.25, -0.2) is 14.2 Å². The predicted molar refractivity (Wildman–Crippen MR) is 100 cm³/mol. The zero-order chi connectivity index (χ0) is 19.4. The average Bonchev–Trinajstić information content (AvgIpc) is 2.77. The Morgan fingerprint density at radius 2 is 1.85 bits per heavy atom. The molecule has 2 N–H and O–H groups in total. The highest BCUT2D eigenvalue weighted by Gasteiger charge is 2.26. The first-order chi connectivity index (χ1) is 13.0. The van der Waals surface area contributed by atoms with E-state index in [2.05, 4.69) is 15.6 Å². The van der Waals surface area contributed by atoms with Crippen LogP contribution in [0.1, 0.15) is 24.2 Å². The zero-order valence-electron chi connectivity index (χ0n) is 14.9. The molecule has 0 fully saturated rings. The van der Waals surface area contributed by atoms with E-state index >= 15 is 0 Å². The monoisotopic (exact) mass is 367 g/mol. The van der Waals surface area contributed by atoms with Gasteiger partial charge in [0.25, 0.3) is 5.91 Å². The van der Waals surface area contributed by atoms with Crippen molar-refractivity contribution >= 4 is 29.1 Å². The number of anilines is 1. The molecule has 2 aromatic carbocycles. The molecule has 0 aromatic heterocycles. The van der Waals surface area contributed by atoms with Gasteiger partial charge in [0.05, 0.1) is 18.0 Å². The summed E-state index contributed by atoms with van der Waals surface area (Å²) in [6.07, 6.45) is 0. The lowest BCUT2D eigenvalue weighted by atomic mass is 10.1. The first-order valence-corrected chi connectivity index (χ1v) is 8.39. The number of esters is 1. The normalized spacial score (nSPS) is 13.1. The van der Waals surface area contributed by atoms with E-state index < -0.39 is 17.7 Å². The Hall–Kier alpha value is -3.48. The number of carbonyl (C=O) groups excluding carboxylic acids is 2. The Kier molecular flexibility index (Phi) is 5.30. The summed E-state index contributed by atoms with van der Waals surface area (Å²) in [4.78, 5) is 29.5. The summed E-state index contributed by atoms with van der Waals surface area (Å²) in [6.45, 7) is 3.58. The maximum Gasteiger partial charge on any atom is 0.343 e. The maximum atomic E-state index is 13.1. The number of nitrogens with zero attached hydrogens (tertiary/aromatic N) is 1. The van der Waals surface area contributed by atoms with Gasteiger partial charge < -0.3 is 15.4 Å². The Morgan fingerprint density at radius 1 is 1.15 bits per heavy atom. The van der Waals surface area contributed by atoms with Crippen molar-refractivity contribution in [2.24, 2.45) is 4.99 Å². The number of halogens is 1. The third-order valence-corrected chi connectivity index (χ3v) is 3.89. The van der Waals surface area contributed by atoms with E-state index in [4.69, 9.17) is 4.74 Å². The van der Waals surface area contributed by atoms with Crippen LogP contribution in [-0.4, -0.2) is 24.3 Å². The summed E-state index contributed by atoms with van der Waals surface area (Å²) in [7, 11) is 0. The van der Waals surface area contributed by atoms with Crippen molar-refractivity contribution in [3.8, 4) is 0 Å². The fraction of sp³-hybridized carbons (Fsp3) is 0.150. The molecular weight excluding hydrogens is 349 g/mol. The van der Waals surface area contributed by atoms with Crippen molar-refractivity contribution in [3.05, 3.63) is 71.2 Å². The number of amides is 1. The molecule has 1 aliphatic heterocycles. The smallest absolute Gasteiger partial charge is 0.343 e. The summed E-state index contributed by atoms with van der Waals surface area (Å²) in [5.41, 5.74) is 2.12. The lowest BCUT2D eigenvalue weighted by Gasteiger charge is -2.13. The number of hydrogen-bond donors (Lipinski definition) is 2. The Bertz CT molecular complexity index is 949. The summed E-state index contributed by atoms with van der Waals surface area (Å²) >= 11 is 0. The summed E-state index contributed by atoms with van der Waals surface area (Å²) < 4.78 is 18.2. The van der Waals surface area contributed by atoms with Crippen molar-refractivity contribution < 1.29 is 18.7 Å². The van der Waals surface area contributed by atoms with Gasteiger partial charge in [-0.2, -0.15) is 0 Å². The lowest BCUT2D eigenvalue weighted by molar-refractivity contribution is -0.137. The fourth-order valence-electron chi connectivity index (χ4n) is 2.62. The standard InChI is InChI=1S/C20H18FN3O3/c1-3-27-20(26)17-12(2)22-15-6-4-5-7-16(15)23-18(17)24-19(25)13-8-10-14(21)11-9-13/h4-11,22H,3H2,1-2H3,(H,23,24,25). The molecule has 6 nitrogen and oxygen atoms in total. The van der Waals surface area contributed by atoms with E-state index in [1.807, 2.05) is 12.1 Å².